The molecule has 8 nitrogen and oxygen atoms in total. The van der Waals surface area contributed by atoms with Crippen LogP contribution in [-0.2, 0) is 6.54 Å². The van der Waals surface area contributed by atoms with Crippen LogP contribution in [0, 0.1) is 5.92 Å². The number of hydrogen-bond acceptors (Lipinski definition) is 4. The van der Waals surface area contributed by atoms with Gasteiger partial charge in [0.1, 0.15) is 12.4 Å². The van der Waals surface area contributed by atoms with E-state index in [2.05, 4.69) is 10.3 Å². The number of carbonyl (C=O) groups is 2. The van der Waals surface area contributed by atoms with Crippen molar-refractivity contribution in [3.05, 3.63) is 48.5 Å². The number of likely N-dealkylation sites (tertiary alicyclic amines) is 1. The highest BCUT2D eigenvalue weighted by atomic mass is 16.5. The van der Waals surface area contributed by atoms with Crippen molar-refractivity contribution in [3.8, 4) is 5.75 Å². The molecule has 1 aliphatic heterocycles. The van der Waals surface area contributed by atoms with E-state index in [0.29, 0.717) is 18.2 Å². The lowest BCUT2D eigenvalue weighted by atomic mass is 9.98. The van der Waals surface area contributed by atoms with Crippen molar-refractivity contribution < 1.29 is 19.4 Å². The Morgan fingerprint density at radius 2 is 2.26 bits per heavy atom. The number of nitrogens with one attached hydrogen (secondary N) is 1. The molecule has 27 heavy (non-hydrogen) atoms. The average Bonchev–Trinajstić information content (AvgIpc) is 3.18. The summed E-state index contributed by atoms with van der Waals surface area (Å²) in [5.74, 6) is -0.0969. The van der Waals surface area contributed by atoms with Gasteiger partial charge in [-0.3, -0.25) is 0 Å². The highest BCUT2D eigenvalue weighted by Crippen LogP contribution is 2.18. The van der Waals surface area contributed by atoms with Gasteiger partial charge in [-0.1, -0.05) is 6.07 Å². The van der Waals surface area contributed by atoms with Crippen LogP contribution in [-0.4, -0.2) is 57.8 Å². The molecule has 2 heterocycles. The number of amides is 2. The lowest BCUT2D eigenvalue weighted by molar-refractivity contribution is 0.0696. The molecule has 0 saturated carbocycles. The standard InChI is InChI=1S/C19H24N4O4/c24-18(25)16-4-1-5-17(11-16)27-10-7-21-19(26)23-8-2-3-15(13-23)12-22-9-6-20-14-22/h1,4-6,9,11,14-15H,2-3,7-8,10,12-13H2,(H,21,26)(H,24,25)/t15-/m0/s1. The van der Waals surface area contributed by atoms with Gasteiger partial charge in [0.05, 0.1) is 18.4 Å². The Kier molecular flexibility index (Phi) is 6.30. The summed E-state index contributed by atoms with van der Waals surface area (Å²) in [6, 6.07) is 6.21. The molecule has 1 aromatic carbocycles. The number of urea groups is 1. The van der Waals surface area contributed by atoms with Crippen LogP contribution >= 0.6 is 0 Å². The number of aromatic carboxylic acids is 1. The maximum Gasteiger partial charge on any atom is 0.335 e. The molecule has 0 unspecified atom stereocenters. The molecule has 0 aliphatic carbocycles. The van der Waals surface area contributed by atoms with E-state index in [1.807, 2.05) is 15.7 Å². The zero-order valence-corrected chi connectivity index (χ0v) is 15.1. The zero-order chi connectivity index (χ0) is 19.1. The molecular formula is C19H24N4O4. The van der Waals surface area contributed by atoms with Crippen LogP contribution in [0.25, 0.3) is 0 Å². The summed E-state index contributed by atoms with van der Waals surface area (Å²) in [7, 11) is 0. The molecule has 1 aliphatic rings. The van der Waals surface area contributed by atoms with Crippen LogP contribution in [0.3, 0.4) is 0 Å². The molecular weight excluding hydrogens is 348 g/mol. The number of benzene rings is 1. The van der Waals surface area contributed by atoms with Gasteiger partial charge in [-0.2, -0.15) is 0 Å². The van der Waals surface area contributed by atoms with Gasteiger partial charge < -0.3 is 24.6 Å². The SMILES string of the molecule is O=C(O)c1cccc(OCCNC(=O)N2CCC[C@@H](Cn3ccnc3)C2)c1. The van der Waals surface area contributed by atoms with Gasteiger partial charge >= 0.3 is 12.0 Å². The Labute approximate surface area is 157 Å². The average molecular weight is 372 g/mol. The summed E-state index contributed by atoms with van der Waals surface area (Å²) in [6.45, 7) is 2.99. The summed E-state index contributed by atoms with van der Waals surface area (Å²) in [4.78, 5) is 29.2. The molecule has 1 aromatic heterocycles. The fourth-order valence-corrected chi connectivity index (χ4v) is 3.25. The Balaban J connectivity index is 1.40. The minimum Gasteiger partial charge on any atom is -0.492 e. The van der Waals surface area contributed by atoms with Gasteiger partial charge in [0.15, 0.2) is 0 Å². The highest BCUT2D eigenvalue weighted by molar-refractivity contribution is 5.88. The second-order valence-corrected chi connectivity index (χ2v) is 6.63. The Bertz CT molecular complexity index is 763. The number of rotatable bonds is 7. The van der Waals surface area contributed by atoms with Gasteiger partial charge in [-0.25, -0.2) is 14.6 Å². The van der Waals surface area contributed by atoms with Crippen LogP contribution in [0.2, 0.25) is 0 Å². The molecule has 8 heteroatoms. The first-order valence-electron chi connectivity index (χ1n) is 9.06. The number of carbonyl (C=O) groups excluding carboxylic acids is 1. The molecule has 2 N–H and O–H groups in total. The summed E-state index contributed by atoms with van der Waals surface area (Å²) in [5, 5.41) is 11.8. The summed E-state index contributed by atoms with van der Waals surface area (Å²) in [6.07, 6.45) is 7.60. The highest BCUT2D eigenvalue weighted by Gasteiger charge is 2.23. The van der Waals surface area contributed by atoms with E-state index >= 15 is 0 Å². The molecule has 1 fully saturated rings. The minimum atomic E-state index is -0.996. The minimum absolute atomic E-state index is 0.0896. The topological polar surface area (TPSA) is 96.7 Å². The molecule has 0 radical (unpaired) electrons. The van der Waals surface area contributed by atoms with E-state index in [1.165, 1.54) is 12.1 Å². The molecule has 0 spiro atoms. The Hall–Kier alpha value is -3.03. The van der Waals surface area contributed by atoms with Crippen LogP contribution in [0.15, 0.2) is 43.0 Å². The predicted octanol–water partition coefficient (Wildman–Crippen LogP) is 2.08. The third kappa shape index (κ3) is 5.47. The van der Waals surface area contributed by atoms with Gasteiger partial charge in [0.2, 0.25) is 0 Å². The van der Waals surface area contributed by atoms with Crippen LogP contribution in [0.1, 0.15) is 23.2 Å². The lowest BCUT2D eigenvalue weighted by Gasteiger charge is -2.33. The number of nitrogens with zero attached hydrogens (tertiary/aromatic N) is 3. The Morgan fingerprint density at radius 1 is 1.37 bits per heavy atom. The first-order chi connectivity index (χ1) is 13.1. The van der Waals surface area contributed by atoms with Crippen LogP contribution in [0.4, 0.5) is 4.79 Å². The van der Waals surface area contributed by atoms with Gasteiger partial charge in [0, 0.05) is 32.0 Å². The van der Waals surface area contributed by atoms with Crippen molar-refractivity contribution in [2.75, 3.05) is 26.2 Å². The monoisotopic (exact) mass is 372 g/mol. The molecule has 1 saturated heterocycles. The van der Waals surface area contributed by atoms with E-state index in [1.54, 1.807) is 24.7 Å². The third-order valence-corrected chi connectivity index (χ3v) is 4.56. The predicted molar refractivity (Wildman–Crippen MR) is 98.8 cm³/mol. The first kappa shape index (κ1) is 18.8. The number of imidazole rings is 1. The second-order valence-electron chi connectivity index (χ2n) is 6.63. The normalized spacial score (nSPS) is 16.7. The van der Waals surface area contributed by atoms with Gasteiger partial charge in [0.25, 0.3) is 0 Å². The van der Waals surface area contributed by atoms with Gasteiger partial charge in [-0.05, 0) is 37.0 Å². The number of aromatic nitrogens is 2. The van der Waals surface area contributed by atoms with E-state index in [0.717, 1.165) is 32.5 Å². The maximum atomic E-state index is 12.4. The zero-order valence-electron chi connectivity index (χ0n) is 15.1. The van der Waals surface area contributed by atoms with Crippen molar-refractivity contribution in [1.82, 2.24) is 19.8 Å². The Morgan fingerprint density at radius 3 is 3.04 bits per heavy atom. The van der Waals surface area contributed by atoms with Crippen molar-refractivity contribution >= 4 is 12.0 Å². The molecule has 2 amide bonds. The fraction of sp³-hybridized carbons (Fsp3) is 0.421. The fourth-order valence-electron chi connectivity index (χ4n) is 3.25. The number of carboxylic acids is 1. The van der Waals surface area contributed by atoms with E-state index in [4.69, 9.17) is 9.84 Å². The summed E-state index contributed by atoms with van der Waals surface area (Å²) in [5.41, 5.74) is 0.175. The number of piperidine rings is 1. The largest absolute Gasteiger partial charge is 0.492 e. The molecule has 1 atom stereocenters. The molecule has 144 valence electrons. The number of ether oxygens (including phenoxy) is 1. The number of carboxylic acid groups (broad SMARTS) is 1. The lowest BCUT2D eigenvalue weighted by Crippen LogP contribution is -2.47. The molecule has 0 bridgehead atoms. The van der Waals surface area contributed by atoms with E-state index < -0.39 is 5.97 Å². The summed E-state index contributed by atoms with van der Waals surface area (Å²) < 4.78 is 7.57. The smallest absolute Gasteiger partial charge is 0.335 e. The van der Waals surface area contributed by atoms with Crippen LogP contribution in [0.5, 0.6) is 5.75 Å². The second kappa shape index (κ2) is 9.07. The number of hydrogen-bond donors (Lipinski definition) is 2. The third-order valence-electron chi connectivity index (χ3n) is 4.56. The molecule has 3 rings (SSSR count). The first-order valence-corrected chi connectivity index (χ1v) is 9.06. The maximum absolute atomic E-state index is 12.4. The van der Waals surface area contributed by atoms with Crippen molar-refractivity contribution in [2.24, 2.45) is 5.92 Å². The van der Waals surface area contributed by atoms with Crippen molar-refractivity contribution in [1.29, 1.82) is 0 Å². The van der Waals surface area contributed by atoms with Crippen LogP contribution < -0.4 is 10.1 Å². The van der Waals surface area contributed by atoms with Crippen molar-refractivity contribution in [2.45, 2.75) is 19.4 Å². The van der Waals surface area contributed by atoms with Gasteiger partial charge in [-0.15, -0.1) is 0 Å². The van der Waals surface area contributed by atoms with E-state index in [9.17, 15) is 9.59 Å². The van der Waals surface area contributed by atoms with E-state index in [-0.39, 0.29) is 18.2 Å². The summed E-state index contributed by atoms with van der Waals surface area (Å²) >= 11 is 0. The molecule has 2 aromatic rings. The quantitative estimate of drug-likeness (QED) is 0.726. The van der Waals surface area contributed by atoms with Crippen molar-refractivity contribution in [3.63, 3.8) is 0 Å².